The summed E-state index contributed by atoms with van der Waals surface area (Å²) in [4.78, 5) is 33.0. The second-order valence-corrected chi connectivity index (χ2v) is 2.93. The third-order valence-electron chi connectivity index (χ3n) is 1.92. The van der Waals surface area contributed by atoms with Gasteiger partial charge in [-0.2, -0.15) is 0 Å². The first-order chi connectivity index (χ1) is 7.47. The average Bonchev–Trinajstić information content (AvgIpc) is 2.26. The SMILES string of the molecule is NC(=O)c1ccc(C(=O)NO)c(C(N)=O)c1. The van der Waals surface area contributed by atoms with Gasteiger partial charge in [-0.3, -0.25) is 19.6 Å². The first-order valence-electron chi connectivity index (χ1n) is 4.15. The molecule has 0 saturated carbocycles. The minimum Gasteiger partial charge on any atom is -0.366 e. The monoisotopic (exact) mass is 223 g/mol. The molecule has 0 saturated heterocycles. The molecule has 3 amide bonds. The highest BCUT2D eigenvalue weighted by Crippen LogP contribution is 2.11. The molecule has 0 bridgehead atoms. The van der Waals surface area contributed by atoms with Crippen LogP contribution in [0.4, 0.5) is 0 Å². The zero-order chi connectivity index (χ0) is 12.3. The summed E-state index contributed by atoms with van der Waals surface area (Å²) in [5, 5.41) is 8.43. The molecule has 16 heavy (non-hydrogen) atoms. The molecule has 0 radical (unpaired) electrons. The number of carbonyl (C=O) groups excluding carboxylic acids is 3. The van der Waals surface area contributed by atoms with Crippen LogP contribution in [0.25, 0.3) is 0 Å². The first-order valence-corrected chi connectivity index (χ1v) is 4.15. The number of primary amides is 2. The molecule has 0 unspecified atom stereocenters. The van der Waals surface area contributed by atoms with Crippen LogP contribution in [0.5, 0.6) is 0 Å². The lowest BCUT2D eigenvalue weighted by atomic mass is 10.0. The van der Waals surface area contributed by atoms with E-state index in [0.29, 0.717) is 0 Å². The molecule has 0 heterocycles. The quantitative estimate of drug-likeness (QED) is 0.386. The lowest BCUT2D eigenvalue weighted by molar-refractivity contribution is 0.0702. The van der Waals surface area contributed by atoms with E-state index in [4.69, 9.17) is 16.7 Å². The largest absolute Gasteiger partial charge is 0.366 e. The molecule has 6 N–H and O–H groups in total. The predicted octanol–water partition coefficient (Wildman–Crippen LogP) is -0.997. The van der Waals surface area contributed by atoms with Crippen LogP contribution in [-0.2, 0) is 0 Å². The van der Waals surface area contributed by atoms with Gasteiger partial charge in [-0.05, 0) is 18.2 Å². The Hall–Kier alpha value is -2.41. The molecule has 7 nitrogen and oxygen atoms in total. The van der Waals surface area contributed by atoms with E-state index in [0.717, 1.165) is 6.07 Å². The number of benzene rings is 1. The Morgan fingerprint density at radius 1 is 1.06 bits per heavy atom. The highest BCUT2D eigenvalue weighted by molar-refractivity contribution is 6.08. The van der Waals surface area contributed by atoms with Gasteiger partial charge < -0.3 is 11.5 Å². The molecule has 0 aromatic heterocycles. The summed E-state index contributed by atoms with van der Waals surface area (Å²) in [6.45, 7) is 0. The number of rotatable bonds is 3. The molecule has 0 aliphatic rings. The van der Waals surface area contributed by atoms with Crippen molar-refractivity contribution in [1.29, 1.82) is 0 Å². The minimum atomic E-state index is -0.901. The lowest BCUT2D eigenvalue weighted by Crippen LogP contribution is -2.25. The second kappa shape index (κ2) is 4.41. The van der Waals surface area contributed by atoms with Crippen LogP contribution in [0.1, 0.15) is 31.1 Å². The number of hydrogen-bond donors (Lipinski definition) is 4. The summed E-state index contributed by atoms with van der Waals surface area (Å²) in [5.74, 6) is -2.55. The van der Waals surface area contributed by atoms with Crippen molar-refractivity contribution in [3.8, 4) is 0 Å². The van der Waals surface area contributed by atoms with E-state index in [2.05, 4.69) is 0 Å². The maximum Gasteiger partial charge on any atom is 0.275 e. The van der Waals surface area contributed by atoms with Crippen LogP contribution in [0.3, 0.4) is 0 Å². The third kappa shape index (κ3) is 2.15. The van der Waals surface area contributed by atoms with Crippen molar-refractivity contribution in [2.75, 3.05) is 0 Å². The zero-order valence-electron chi connectivity index (χ0n) is 8.06. The summed E-state index contributed by atoms with van der Waals surface area (Å²) < 4.78 is 0. The fraction of sp³-hybridized carbons (Fsp3) is 0. The minimum absolute atomic E-state index is 0.0447. The van der Waals surface area contributed by atoms with Crippen LogP contribution < -0.4 is 16.9 Å². The molecule has 7 heteroatoms. The smallest absolute Gasteiger partial charge is 0.275 e. The van der Waals surface area contributed by atoms with Crippen LogP contribution >= 0.6 is 0 Å². The van der Waals surface area contributed by atoms with Gasteiger partial charge in [-0.1, -0.05) is 0 Å². The molecule has 0 spiro atoms. The Bertz CT molecular complexity index is 470. The van der Waals surface area contributed by atoms with Gasteiger partial charge in [-0.25, -0.2) is 5.48 Å². The van der Waals surface area contributed by atoms with Crippen LogP contribution in [0, 0.1) is 0 Å². The summed E-state index contributed by atoms with van der Waals surface area (Å²) >= 11 is 0. The zero-order valence-corrected chi connectivity index (χ0v) is 8.06. The maximum atomic E-state index is 11.1. The number of hydroxylamine groups is 1. The van der Waals surface area contributed by atoms with Gasteiger partial charge in [0.2, 0.25) is 11.8 Å². The molecule has 0 aliphatic heterocycles. The highest BCUT2D eigenvalue weighted by atomic mass is 16.5. The van der Waals surface area contributed by atoms with Gasteiger partial charge in [0.05, 0.1) is 11.1 Å². The van der Waals surface area contributed by atoms with Crippen LogP contribution in [-0.4, -0.2) is 22.9 Å². The predicted molar refractivity (Wildman–Crippen MR) is 52.7 cm³/mol. The standard InChI is InChI=1S/C9H9N3O4/c10-7(13)4-1-2-5(9(15)12-16)6(3-4)8(11)14/h1-3,16H,(H2,10,13)(H2,11,14)(H,12,15). The number of nitrogens with two attached hydrogens (primary N) is 2. The van der Waals surface area contributed by atoms with Crippen LogP contribution in [0.15, 0.2) is 18.2 Å². The van der Waals surface area contributed by atoms with Crippen molar-refractivity contribution in [3.05, 3.63) is 34.9 Å². The van der Waals surface area contributed by atoms with Crippen molar-refractivity contribution in [1.82, 2.24) is 5.48 Å². The molecular weight excluding hydrogens is 214 g/mol. The molecule has 1 aromatic carbocycles. The van der Waals surface area contributed by atoms with E-state index >= 15 is 0 Å². The summed E-state index contributed by atoms with van der Waals surface area (Å²) in [6, 6.07) is 3.51. The molecule has 84 valence electrons. The average molecular weight is 223 g/mol. The van der Waals surface area contributed by atoms with Crippen molar-refractivity contribution < 1.29 is 19.6 Å². The van der Waals surface area contributed by atoms with E-state index in [9.17, 15) is 14.4 Å². The van der Waals surface area contributed by atoms with Gasteiger partial charge in [0.25, 0.3) is 5.91 Å². The van der Waals surface area contributed by atoms with Crippen molar-refractivity contribution in [2.24, 2.45) is 11.5 Å². The molecule has 1 aromatic rings. The Balaban J connectivity index is 3.36. The van der Waals surface area contributed by atoms with Gasteiger partial charge >= 0.3 is 0 Å². The van der Waals surface area contributed by atoms with E-state index in [-0.39, 0.29) is 16.7 Å². The fourth-order valence-electron chi connectivity index (χ4n) is 1.16. The van der Waals surface area contributed by atoms with E-state index in [1.165, 1.54) is 17.6 Å². The van der Waals surface area contributed by atoms with Crippen molar-refractivity contribution >= 4 is 17.7 Å². The van der Waals surface area contributed by atoms with Gasteiger partial charge in [0.15, 0.2) is 0 Å². The van der Waals surface area contributed by atoms with Gasteiger partial charge in [-0.15, -0.1) is 0 Å². The van der Waals surface area contributed by atoms with Crippen LogP contribution in [0.2, 0.25) is 0 Å². The summed E-state index contributed by atoms with van der Waals surface area (Å²) in [6.07, 6.45) is 0. The number of hydrogen-bond acceptors (Lipinski definition) is 4. The molecular formula is C9H9N3O4. The van der Waals surface area contributed by atoms with Crippen molar-refractivity contribution in [3.63, 3.8) is 0 Å². The molecule has 0 atom stereocenters. The van der Waals surface area contributed by atoms with E-state index in [1.54, 1.807) is 0 Å². The normalized spacial score (nSPS) is 9.56. The van der Waals surface area contributed by atoms with Crippen molar-refractivity contribution in [2.45, 2.75) is 0 Å². The number of nitrogens with one attached hydrogen (secondary N) is 1. The summed E-state index contributed by atoms with van der Waals surface area (Å²) in [7, 11) is 0. The first kappa shape index (κ1) is 11.7. The Labute approximate surface area is 90.0 Å². The fourth-order valence-corrected chi connectivity index (χ4v) is 1.16. The Morgan fingerprint density at radius 3 is 2.12 bits per heavy atom. The third-order valence-corrected chi connectivity index (χ3v) is 1.92. The van der Waals surface area contributed by atoms with Gasteiger partial charge in [0, 0.05) is 5.56 Å². The Morgan fingerprint density at radius 2 is 1.69 bits per heavy atom. The topological polar surface area (TPSA) is 136 Å². The highest BCUT2D eigenvalue weighted by Gasteiger charge is 2.16. The molecule has 0 fully saturated rings. The van der Waals surface area contributed by atoms with E-state index in [1.807, 2.05) is 0 Å². The maximum absolute atomic E-state index is 11.1. The van der Waals surface area contributed by atoms with Gasteiger partial charge in [0.1, 0.15) is 0 Å². The Kier molecular flexibility index (Phi) is 3.21. The van der Waals surface area contributed by atoms with E-state index < -0.39 is 17.7 Å². The lowest BCUT2D eigenvalue weighted by Gasteiger charge is -2.05. The number of carbonyl (C=O) groups is 3. The summed E-state index contributed by atoms with van der Waals surface area (Å²) in [5.41, 5.74) is 11.1. The number of amides is 3. The second-order valence-electron chi connectivity index (χ2n) is 2.93. The molecule has 0 aliphatic carbocycles. The molecule has 1 rings (SSSR count).